The number of phenols is 1. The monoisotopic (exact) mass is 228 g/mol. The van der Waals surface area contributed by atoms with Gasteiger partial charge in [-0.3, -0.25) is 0 Å². The van der Waals surface area contributed by atoms with E-state index < -0.39 is 0 Å². The van der Waals surface area contributed by atoms with Gasteiger partial charge in [-0.05, 0) is 56.7 Å². The first-order valence-corrected chi connectivity index (χ1v) is 6.28. The number of allylic oxidation sites excluding steroid dienone is 4. The molecule has 1 N–H and O–H groups in total. The van der Waals surface area contributed by atoms with Crippen LogP contribution in [0.15, 0.2) is 47.6 Å². The highest BCUT2D eigenvalue weighted by molar-refractivity contribution is 5.31. The second kappa shape index (κ2) is 5.22. The fourth-order valence-electron chi connectivity index (χ4n) is 2.45. The van der Waals surface area contributed by atoms with E-state index in [0.717, 1.165) is 19.3 Å². The molecule has 0 amide bonds. The van der Waals surface area contributed by atoms with Crippen molar-refractivity contribution in [2.45, 2.75) is 39.0 Å². The zero-order chi connectivity index (χ0) is 12.3. The Morgan fingerprint density at radius 1 is 1.24 bits per heavy atom. The first-order chi connectivity index (χ1) is 8.15. The van der Waals surface area contributed by atoms with Crippen molar-refractivity contribution in [3.63, 3.8) is 0 Å². The summed E-state index contributed by atoms with van der Waals surface area (Å²) in [5.74, 6) is 0.901. The third kappa shape index (κ3) is 3.23. The molecule has 0 heterocycles. The van der Waals surface area contributed by atoms with Crippen LogP contribution in [-0.2, 0) is 0 Å². The van der Waals surface area contributed by atoms with Gasteiger partial charge in [0.25, 0.3) is 0 Å². The molecule has 0 aromatic heterocycles. The maximum Gasteiger partial charge on any atom is 0.115 e. The van der Waals surface area contributed by atoms with Crippen molar-refractivity contribution >= 4 is 0 Å². The molecular weight excluding hydrogens is 208 g/mol. The van der Waals surface area contributed by atoms with E-state index in [4.69, 9.17) is 0 Å². The number of phenolic OH excluding ortho intramolecular Hbond substituents is 1. The maximum atomic E-state index is 9.55. The Morgan fingerprint density at radius 3 is 2.82 bits per heavy atom. The molecule has 0 bridgehead atoms. The maximum absolute atomic E-state index is 9.55. The number of rotatable bonds is 1. The summed E-state index contributed by atoms with van der Waals surface area (Å²) >= 11 is 0. The fourth-order valence-corrected chi connectivity index (χ4v) is 2.45. The molecule has 1 nitrogen and oxygen atoms in total. The molecule has 1 heteroatoms. The third-order valence-corrected chi connectivity index (χ3v) is 3.43. The lowest BCUT2D eigenvalue weighted by atomic mass is 9.87. The number of aromatic hydroxyl groups is 1. The van der Waals surface area contributed by atoms with Gasteiger partial charge in [0.15, 0.2) is 0 Å². The summed E-state index contributed by atoms with van der Waals surface area (Å²) in [6.07, 6.45) is 7.95. The predicted octanol–water partition coefficient (Wildman–Crippen LogP) is 4.55. The van der Waals surface area contributed by atoms with Crippen LogP contribution in [0.3, 0.4) is 0 Å². The second-order valence-electron chi connectivity index (χ2n) is 5.01. The van der Waals surface area contributed by atoms with Crippen molar-refractivity contribution in [3.05, 3.63) is 53.1 Å². The highest BCUT2D eigenvalue weighted by Gasteiger charge is 2.12. The van der Waals surface area contributed by atoms with Crippen molar-refractivity contribution < 1.29 is 5.11 Å². The predicted molar refractivity (Wildman–Crippen MR) is 72.2 cm³/mol. The van der Waals surface area contributed by atoms with Crippen molar-refractivity contribution in [1.82, 2.24) is 0 Å². The molecule has 1 aromatic rings. The first kappa shape index (κ1) is 12.0. The van der Waals surface area contributed by atoms with Crippen LogP contribution in [0.4, 0.5) is 0 Å². The number of hydrogen-bond acceptors (Lipinski definition) is 1. The molecule has 1 atom stereocenters. The van der Waals surface area contributed by atoms with Gasteiger partial charge in [0, 0.05) is 0 Å². The molecule has 17 heavy (non-hydrogen) atoms. The van der Waals surface area contributed by atoms with Crippen LogP contribution < -0.4 is 0 Å². The van der Waals surface area contributed by atoms with Gasteiger partial charge in [0.2, 0.25) is 0 Å². The molecule has 2 rings (SSSR count). The zero-order valence-corrected chi connectivity index (χ0v) is 10.6. The minimum Gasteiger partial charge on any atom is -0.508 e. The molecule has 90 valence electrons. The van der Waals surface area contributed by atoms with E-state index in [9.17, 15) is 5.11 Å². The summed E-state index contributed by atoms with van der Waals surface area (Å²) < 4.78 is 0. The smallest absolute Gasteiger partial charge is 0.115 e. The average molecular weight is 228 g/mol. The van der Waals surface area contributed by atoms with Crippen LogP contribution in [0.5, 0.6) is 5.75 Å². The van der Waals surface area contributed by atoms with Crippen molar-refractivity contribution in [1.29, 1.82) is 0 Å². The fraction of sp³-hybridized carbons (Fsp3) is 0.375. The zero-order valence-electron chi connectivity index (χ0n) is 10.6. The Bertz CT molecular complexity index is 454. The summed E-state index contributed by atoms with van der Waals surface area (Å²) in [6.45, 7) is 4.36. The van der Waals surface area contributed by atoms with Crippen LogP contribution in [0.2, 0.25) is 0 Å². The van der Waals surface area contributed by atoms with Gasteiger partial charge in [0.05, 0.1) is 0 Å². The quantitative estimate of drug-likeness (QED) is 0.747. The first-order valence-electron chi connectivity index (χ1n) is 6.28. The molecule has 0 fully saturated rings. The summed E-state index contributed by atoms with van der Waals surface area (Å²) in [5, 5.41) is 9.55. The van der Waals surface area contributed by atoms with Crippen molar-refractivity contribution in [3.8, 4) is 5.75 Å². The van der Waals surface area contributed by atoms with E-state index in [2.05, 4.69) is 32.1 Å². The van der Waals surface area contributed by atoms with Gasteiger partial charge in [-0.1, -0.05) is 35.4 Å². The molecule has 0 spiro atoms. The molecule has 0 saturated carbocycles. The lowest BCUT2D eigenvalue weighted by Crippen LogP contribution is -2.00. The summed E-state index contributed by atoms with van der Waals surface area (Å²) in [5.41, 5.74) is 4.06. The van der Waals surface area contributed by atoms with Crippen molar-refractivity contribution in [2.75, 3.05) is 0 Å². The molecule has 1 aliphatic rings. The lowest BCUT2D eigenvalue weighted by molar-refractivity contribution is 0.473. The standard InChI is InChI=1S/C16H20O/c1-12-6-8-14(9-7-13(2)10-12)15-4-3-5-16(17)11-15/h3-6,10-11,14,17H,7-9H2,1-2H3. The summed E-state index contributed by atoms with van der Waals surface area (Å²) in [6, 6.07) is 7.68. The van der Waals surface area contributed by atoms with E-state index >= 15 is 0 Å². The van der Waals surface area contributed by atoms with Crippen LogP contribution >= 0.6 is 0 Å². The van der Waals surface area contributed by atoms with E-state index in [1.807, 2.05) is 12.1 Å². The van der Waals surface area contributed by atoms with Crippen LogP contribution in [0.25, 0.3) is 0 Å². The van der Waals surface area contributed by atoms with Gasteiger partial charge in [-0.2, -0.15) is 0 Å². The van der Waals surface area contributed by atoms with Gasteiger partial charge >= 0.3 is 0 Å². The SMILES string of the molecule is CC1=CCC(c2cccc(O)c2)CCC(C)=C1. The minimum absolute atomic E-state index is 0.373. The molecule has 0 radical (unpaired) electrons. The topological polar surface area (TPSA) is 20.2 Å². The molecule has 0 aliphatic heterocycles. The Kier molecular flexibility index (Phi) is 3.68. The second-order valence-corrected chi connectivity index (χ2v) is 5.01. The van der Waals surface area contributed by atoms with Crippen molar-refractivity contribution in [2.24, 2.45) is 0 Å². The van der Waals surface area contributed by atoms with E-state index in [0.29, 0.717) is 11.7 Å². The molecule has 1 aromatic carbocycles. The molecular formula is C16H20O. The van der Waals surface area contributed by atoms with Crippen LogP contribution in [0, 0.1) is 0 Å². The molecule has 1 aliphatic carbocycles. The highest BCUT2D eigenvalue weighted by Crippen LogP contribution is 2.31. The number of benzene rings is 1. The average Bonchev–Trinajstić information content (AvgIpc) is 2.26. The highest BCUT2D eigenvalue weighted by atomic mass is 16.3. The van der Waals surface area contributed by atoms with Gasteiger partial charge in [-0.15, -0.1) is 0 Å². The molecule has 0 saturated heterocycles. The minimum atomic E-state index is 0.373. The Labute approximate surface area is 103 Å². The van der Waals surface area contributed by atoms with Gasteiger partial charge < -0.3 is 5.11 Å². The lowest BCUT2D eigenvalue weighted by Gasteiger charge is -2.18. The molecule has 1 unspecified atom stereocenters. The Hall–Kier alpha value is -1.50. The number of hydrogen-bond donors (Lipinski definition) is 1. The van der Waals surface area contributed by atoms with Gasteiger partial charge in [0.1, 0.15) is 5.75 Å². The largest absolute Gasteiger partial charge is 0.508 e. The third-order valence-electron chi connectivity index (χ3n) is 3.43. The summed E-state index contributed by atoms with van der Waals surface area (Å²) in [7, 11) is 0. The Balaban J connectivity index is 2.21. The van der Waals surface area contributed by atoms with Crippen LogP contribution in [-0.4, -0.2) is 5.11 Å². The van der Waals surface area contributed by atoms with E-state index in [1.54, 1.807) is 6.07 Å². The van der Waals surface area contributed by atoms with E-state index in [-0.39, 0.29) is 0 Å². The Morgan fingerprint density at radius 2 is 2.06 bits per heavy atom. The van der Waals surface area contributed by atoms with Crippen LogP contribution in [0.1, 0.15) is 44.6 Å². The normalized spacial score (nSPS) is 21.2. The van der Waals surface area contributed by atoms with E-state index in [1.165, 1.54) is 16.7 Å². The van der Waals surface area contributed by atoms with Gasteiger partial charge in [-0.25, -0.2) is 0 Å². The summed E-state index contributed by atoms with van der Waals surface area (Å²) in [4.78, 5) is 0.